The van der Waals surface area contributed by atoms with Crippen LogP contribution in [0, 0.1) is 10.5 Å². The monoisotopic (exact) mass is 594 g/mol. The molecule has 0 atom stereocenters. The van der Waals surface area contributed by atoms with E-state index in [1.54, 1.807) is 26.2 Å². The van der Waals surface area contributed by atoms with Crippen LogP contribution in [0.5, 0.6) is 5.75 Å². The number of halogens is 3. The number of aromatic nitrogens is 3. The van der Waals surface area contributed by atoms with E-state index in [2.05, 4.69) is 37.9 Å². The molecule has 2 heterocycles. The van der Waals surface area contributed by atoms with Gasteiger partial charge in [-0.15, -0.1) is 0 Å². The molecule has 0 aliphatic heterocycles. The van der Waals surface area contributed by atoms with Gasteiger partial charge in [0.1, 0.15) is 17.9 Å². The van der Waals surface area contributed by atoms with E-state index in [0.717, 1.165) is 14.7 Å². The standard InChI is InChI=1S/C23H17Cl2IN4O3/c1-12-19(22(31)23(32)29-18-7-8-27-11-28-18)20-16(5-6-17(33-2)21(20)26)30(12)10-13-3-4-14(24)9-15(13)25/h3-9,11H,10H2,1-2H3,(H,27,28,29,32). The SMILES string of the molecule is COc1ccc2c(c1I)c(C(=O)C(=O)Nc1ccncn1)c(C)n2Cc1ccc(Cl)cc1Cl. The van der Waals surface area contributed by atoms with Gasteiger partial charge in [0.2, 0.25) is 0 Å². The molecule has 0 aliphatic carbocycles. The molecule has 0 unspecified atom stereocenters. The average molecular weight is 595 g/mol. The number of rotatable bonds is 6. The number of carbonyl (C=O) groups is 2. The van der Waals surface area contributed by atoms with Gasteiger partial charge in [-0.1, -0.05) is 29.3 Å². The summed E-state index contributed by atoms with van der Waals surface area (Å²) in [5.41, 5.74) is 2.54. The van der Waals surface area contributed by atoms with E-state index in [1.165, 1.54) is 18.6 Å². The largest absolute Gasteiger partial charge is 0.496 e. The zero-order valence-corrected chi connectivity index (χ0v) is 21.2. The maximum atomic E-state index is 13.4. The van der Waals surface area contributed by atoms with E-state index >= 15 is 0 Å². The van der Waals surface area contributed by atoms with Crippen LogP contribution in [0.2, 0.25) is 10.0 Å². The van der Waals surface area contributed by atoms with Crippen molar-refractivity contribution in [2.45, 2.75) is 13.5 Å². The Bertz CT molecular complexity index is 1390. The third kappa shape index (κ3) is 4.55. The van der Waals surface area contributed by atoms with E-state index in [1.807, 2.05) is 22.8 Å². The van der Waals surface area contributed by atoms with E-state index < -0.39 is 11.7 Å². The number of benzene rings is 2. The molecule has 2 aromatic heterocycles. The molecule has 0 spiro atoms. The zero-order chi connectivity index (χ0) is 23.7. The van der Waals surface area contributed by atoms with Crippen LogP contribution in [0.3, 0.4) is 0 Å². The van der Waals surface area contributed by atoms with Crippen LogP contribution in [-0.4, -0.2) is 33.3 Å². The molecule has 168 valence electrons. The lowest BCUT2D eigenvalue weighted by Crippen LogP contribution is -2.24. The average Bonchev–Trinajstić information content (AvgIpc) is 3.08. The number of Topliss-reactive ketones (excluding diaryl/α,β-unsaturated/α-hetero) is 1. The van der Waals surface area contributed by atoms with Gasteiger partial charge in [0.05, 0.1) is 21.8 Å². The summed E-state index contributed by atoms with van der Waals surface area (Å²) < 4.78 is 8.15. The van der Waals surface area contributed by atoms with E-state index in [9.17, 15) is 9.59 Å². The summed E-state index contributed by atoms with van der Waals surface area (Å²) in [6.45, 7) is 2.19. The van der Waals surface area contributed by atoms with Crippen molar-refractivity contribution in [1.29, 1.82) is 0 Å². The van der Waals surface area contributed by atoms with Crippen molar-refractivity contribution in [2.75, 3.05) is 12.4 Å². The van der Waals surface area contributed by atoms with Gasteiger partial charge in [-0.3, -0.25) is 9.59 Å². The lowest BCUT2D eigenvalue weighted by Gasteiger charge is -2.11. The quantitative estimate of drug-likeness (QED) is 0.180. The molecule has 0 aliphatic rings. The van der Waals surface area contributed by atoms with E-state index in [0.29, 0.717) is 39.0 Å². The van der Waals surface area contributed by atoms with Crippen molar-refractivity contribution in [2.24, 2.45) is 0 Å². The highest BCUT2D eigenvalue weighted by Gasteiger charge is 2.28. The molecular formula is C23H17Cl2IN4O3. The van der Waals surface area contributed by atoms with Gasteiger partial charge < -0.3 is 14.6 Å². The Labute approximate surface area is 213 Å². The van der Waals surface area contributed by atoms with Crippen LogP contribution in [0.1, 0.15) is 21.6 Å². The number of anilines is 1. The van der Waals surface area contributed by atoms with Crippen molar-refractivity contribution in [3.63, 3.8) is 0 Å². The second kappa shape index (κ2) is 9.66. The first kappa shape index (κ1) is 23.5. The highest BCUT2D eigenvalue weighted by atomic mass is 127. The Hall–Kier alpha value is -2.69. The Morgan fingerprint density at radius 1 is 1.18 bits per heavy atom. The van der Waals surface area contributed by atoms with Crippen LogP contribution in [0.4, 0.5) is 5.82 Å². The number of methoxy groups -OCH3 is 1. The first-order chi connectivity index (χ1) is 15.8. The third-order valence-corrected chi connectivity index (χ3v) is 6.87. The zero-order valence-electron chi connectivity index (χ0n) is 17.5. The number of hydrogen-bond acceptors (Lipinski definition) is 5. The molecule has 7 nitrogen and oxygen atoms in total. The normalized spacial score (nSPS) is 10.9. The van der Waals surface area contributed by atoms with Crippen molar-refractivity contribution in [1.82, 2.24) is 14.5 Å². The number of ether oxygens (including phenoxy) is 1. The van der Waals surface area contributed by atoms with Crippen LogP contribution < -0.4 is 10.1 Å². The lowest BCUT2D eigenvalue weighted by molar-refractivity contribution is -0.112. The molecule has 33 heavy (non-hydrogen) atoms. The molecule has 0 saturated carbocycles. The smallest absolute Gasteiger partial charge is 0.298 e. The summed E-state index contributed by atoms with van der Waals surface area (Å²) in [5.74, 6) is -0.623. The van der Waals surface area contributed by atoms with Crippen molar-refractivity contribution >= 4 is 74.2 Å². The fraction of sp³-hybridized carbons (Fsp3) is 0.130. The minimum atomic E-state index is -0.793. The highest BCUT2D eigenvalue weighted by Crippen LogP contribution is 2.36. The van der Waals surface area contributed by atoms with Crippen LogP contribution in [0.15, 0.2) is 48.9 Å². The summed E-state index contributed by atoms with van der Waals surface area (Å²) in [4.78, 5) is 34.0. The minimum absolute atomic E-state index is 0.241. The molecular weight excluding hydrogens is 578 g/mol. The van der Waals surface area contributed by atoms with E-state index in [-0.39, 0.29) is 5.82 Å². The van der Waals surface area contributed by atoms with Crippen molar-refractivity contribution in [3.05, 3.63) is 79.4 Å². The van der Waals surface area contributed by atoms with Crippen molar-refractivity contribution in [3.8, 4) is 5.75 Å². The second-order valence-electron chi connectivity index (χ2n) is 7.14. The van der Waals surface area contributed by atoms with Gasteiger partial charge in [-0.25, -0.2) is 9.97 Å². The topological polar surface area (TPSA) is 86.1 Å². The maximum absolute atomic E-state index is 13.4. The molecule has 2 aromatic carbocycles. The van der Waals surface area contributed by atoms with Gasteiger partial charge in [0, 0.05) is 33.9 Å². The first-order valence-electron chi connectivity index (χ1n) is 9.72. The molecule has 0 fully saturated rings. The van der Waals surface area contributed by atoms with E-state index in [4.69, 9.17) is 27.9 Å². The van der Waals surface area contributed by atoms with Crippen molar-refractivity contribution < 1.29 is 14.3 Å². The van der Waals surface area contributed by atoms with Gasteiger partial charge >= 0.3 is 0 Å². The summed E-state index contributed by atoms with van der Waals surface area (Å²) in [6.07, 6.45) is 2.77. The minimum Gasteiger partial charge on any atom is -0.496 e. The molecule has 0 saturated heterocycles. The Balaban J connectivity index is 1.85. The number of carbonyl (C=O) groups excluding carboxylic acids is 2. The predicted molar refractivity (Wildman–Crippen MR) is 137 cm³/mol. The van der Waals surface area contributed by atoms with Crippen LogP contribution in [-0.2, 0) is 11.3 Å². The fourth-order valence-corrected chi connectivity index (χ4v) is 5.03. The third-order valence-electron chi connectivity index (χ3n) is 5.21. The number of ketones is 1. The molecule has 1 amide bonds. The summed E-state index contributed by atoms with van der Waals surface area (Å²) >= 11 is 14.6. The number of nitrogens with zero attached hydrogens (tertiary/aromatic N) is 3. The maximum Gasteiger partial charge on any atom is 0.298 e. The molecule has 4 aromatic rings. The van der Waals surface area contributed by atoms with Crippen LogP contribution in [0.25, 0.3) is 10.9 Å². The fourth-order valence-electron chi connectivity index (χ4n) is 3.62. The summed E-state index contributed by atoms with van der Waals surface area (Å²) in [6, 6.07) is 10.5. The predicted octanol–water partition coefficient (Wildman–Crippen LogP) is 5.53. The van der Waals surface area contributed by atoms with Gasteiger partial charge in [0.25, 0.3) is 11.7 Å². The number of amides is 1. The summed E-state index contributed by atoms with van der Waals surface area (Å²) in [5, 5.41) is 4.23. The second-order valence-corrected chi connectivity index (χ2v) is 9.06. The lowest BCUT2D eigenvalue weighted by atomic mass is 10.1. The Morgan fingerprint density at radius 2 is 1.97 bits per heavy atom. The number of hydrogen-bond donors (Lipinski definition) is 1. The van der Waals surface area contributed by atoms with Gasteiger partial charge in [-0.05, 0) is 65.4 Å². The number of nitrogens with one attached hydrogen (secondary N) is 1. The molecule has 0 radical (unpaired) electrons. The number of fused-ring (bicyclic) bond motifs is 1. The summed E-state index contributed by atoms with van der Waals surface area (Å²) in [7, 11) is 1.56. The Morgan fingerprint density at radius 3 is 2.64 bits per heavy atom. The first-order valence-corrected chi connectivity index (χ1v) is 11.6. The molecule has 10 heteroatoms. The molecule has 4 rings (SSSR count). The highest BCUT2D eigenvalue weighted by molar-refractivity contribution is 14.1. The Kier molecular flexibility index (Phi) is 6.87. The van der Waals surface area contributed by atoms with Gasteiger partial charge in [-0.2, -0.15) is 0 Å². The van der Waals surface area contributed by atoms with Gasteiger partial charge in [0.15, 0.2) is 0 Å². The molecule has 0 bridgehead atoms. The van der Waals surface area contributed by atoms with Crippen LogP contribution >= 0.6 is 45.8 Å². The molecule has 1 N–H and O–H groups in total.